The van der Waals surface area contributed by atoms with E-state index in [1.54, 1.807) is 13.0 Å². The molecule has 1 N–H and O–H groups in total. The van der Waals surface area contributed by atoms with Crippen molar-refractivity contribution in [3.63, 3.8) is 0 Å². The van der Waals surface area contributed by atoms with E-state index in [-0.39, 0.29) is 0 Å². The molecule has 2 rings (SSSR count). The van der Waals surface area contributed by atoms with E-state index in [2.05, 4.69) is 15.3 Å². The molecule has 0 amide bonds. The average molecular weight is 238 g/mol. The van der Waals surface area contributed by atoms with Gasteiger partial charge in [-0.3, -0.25) is 0 Å². The monoisotopic (exact) mass is 237 g/mol. The molecule has 0 aliphatic carbocycles. The maximum absolute atomic E-state index is 5.82. The summed E-state index contributed by atoms with van der Waals surface area (Å²) < 4.78 is 5.43. The van der Waals surface area contributed by atoms with E-state index < -0.39 is 0 Å². The molecule has 0 bridgehead atoms. The van der Waals surface area contributed by atoms with E-state index in [1.807, 2.05) is 19.1 Å². The number of nitrogens with one attached hydrogen (secondary N) is 1. The molecule has 0 aliphatic rings. The molecule has 2 aromatic heterocycles. The highest BCUT2D eigenvalue weighted by atomic mass is 35.5. The second-order valence-corrected chi connectivity index (χ2v) is 3.88. The fourth-order valence-corrected chi connectivity index (χ4v) is 1.61. The van der Waals surface area contributed by atoms with Gasteiger partial charge in [0.1, 0.15) is 28.3 Å². The van der Waals surface area contributed by atoms with Gasteiger partial charge in [-0.25, -0.2) is 9.97 Å². The Kier molecular flexibility index (Phi) is 3.10. The Morgan fingerprint density at radius 1 is 1.31 bits per heavy atom. The molecule has 2 aromatic rings. The molecule has 16 heavy (non-hydrogen) atoms. The van der Waals surface area contributed by atoms with Crippen LogP contribution in [0.4, 0.5) is 5.82 Å². The van der Waals surface area contributed by atoms with E-state index in [4.69, 9.17) is 16.0 Å². The average Bonchev–Trinajstić information content (AvgIpc) is 2.60. The molecular formula is C11H12ClN3O. The van der Waals surface area contributed by atoms with E-state index in [1.165, 1.54) is 0 Å². The van der Waals surface area contributed by atoms with Crippen molar-refractivity contribution in [2.45, 2.75) is 20.4 Å². The van der Waals surface area contributed by atoms with Crippen LogP contribution in [0, 0.1) is 13.8 Å². The van der Waals surface area contributed by atoms with Gasteiger partial charge in [0.05, 0.1) is 6.54 Å². The Morgan fingerprint density at radius 2 is 2.12 bits per heavy atom. The molecule has 4 nitrogen and oxygen atoms in total. The zero-order valence-corrected chi connectivity index (χ0v) is 9.88. The van der Waals surface area contributed by atoms with Gasteiger partial charge in [0.2, 0.25) is 0 Å². The van der Waals surface area contributed by atoms with Gasteiger partial charge < -0.3 is 9.73 Å². The van der Waals surface area contributed by atoms with Gasteiger partial charge in [-0.15, -0.1) is 0 Å². The molecule has 0 saturated heterocycles. The number of hydrogen-bond acceptors (Lipinski definition) is 4. The maximum atomic E-state index is 5.82. The van der Waals surface area contributed by atoms with Crippen molar-refractivity contribution in [1.29, 1.82) is 0 Å². The molecule has 0 aliphatic heterocycles. The van der Waals surface area contributed by atoms with Gasteiger partial charge in [-0.1, -0.05) is 11.6 Å². The quantitative estimate of drug-likeness (QED) is 0.834. The number of nitrogens with zero attached hydrogens (tertiary/aromatic N) is 2. The minimum atomic E-state index is 0.436. The highest BCUT2D eigenvalue weighted by Crippen LogP contribution is 2.13. The summed E-state index contributed by atoms with van der Waals surface area (Å²) in [5.74, 6) is 3.11. The summed E-state index contributed by atoms with van der Waals surface area (Å²) in [4.78, 5) is 8.19. The predicted octanol–water partition coefficient (Wildman–Crippen LogP) is 2.95. The number of hydrogen-bond donors (Lipinski definition) is 1. The molecule has 2 heterocycles. The first kappa shape index (κ1) is 11.0. The van der Waals surface area contributed by atoms with Crippen molar-refractivity contribution < 1.29 is 4.42 Å². The molecule has 0 fully saturated rings. The normalized spacial score (nSPS) is 10.4. The summed E-state index contributed by atoms with van der Waals surface area (Å²) in [6.07, 6.45) is 0. The lowest BCUT2D eigenvalue weighted by molar-refractivity contribution is 0.490. The fourth-order valence-electron chi connectivity index (χ4n) is 1.38. The number of aromatic nitrogens is 2. The number of furan rings is 1. The van der Waals surface area contributed by atoms with Crippen LogP contribution >= 0.6 is 11.6 Å². The Hall–Kier alpha value is -1.55. The second-order valence-electron chi connectivity index (χ2n) is 3.49. The van der Waals surface area contributed by atoms with Crippen molar-refractivity contribution in [3.8, 4) is 0 Å². The van der Waals surface area contributed by atoms with Gasteiger partial charge in [-0.05, 0) is 26.0 Å². The van der Waals surface area contributed by atoms with Crippen LogP contribution in [0.15, 0.2) is 22.6 Å². The van der Waals surface area contributed by atoms with E-state index in [0.717, 1.165) is 11.5 Å². The molecule has 84 valence electrons. The van der Waals surface area contributed by atoms with Gasteiger partial charge in [0.15, 0.2) is 0 Å². The standard InChI is InChI=1S/C11H12ClN3O/c1-7-3-4-9(16-7)6-13-11-5-10(12)14-8(2)15-11/h3-5H,6H2,1-2H3,(H,13,14,15). The Bertz CT molecular complexity index is 475. The lowest BCUT2D eigenvalue weighted by Crippen LogP contribution is -2.02. The van der Waals surface area contributed by atoms with Crippen molar-refractivity contribution in [1.82, 2.24) is 9.97 Å². The van der Waals surface area contributed by atoms with Crippen LogP contribution in [-0.2, 0) is 6.54 Å². The molecule has 0 radical (unpaired) electrons. The fraction of sp³-hybridized carbons (Fsp3) is 0.273. The van der Waals surface area contributed by atoms with Crippen molar-refractivity contribution in [3.05, 3.63) is 40.7 Å². The maximum Gasteiger partial charge on any atom is 0.134 e. The third-order valence-corrected chi connectivity index (χ3v) is 2.24. The third kappa shape index (κ3) is 2.73. The Balaban J connectivity index is 2.04. The van der Waals surface area contributed by atoms with Crippen LogP contribution in [0.5, 0.6) is 0 Å². The van der Waals surface area contributed by atoms with Gasteiger partial charge in [0, 0.05) is 6.07 Å². The van der Waals surface area contributed by atoms with Crippen molar-refractivity contribution in [2.75, 3.05) is 5.32 Å². The molecule has 5 heteroatoms. The minimum Gasteiger partial charge on any atom is -0.465 e. The highest BCUT2D eigenvalue weighted by Gasteiger charge is 2.01. The highest BCUT2D eigenvalue weighted by molar-refractivity contribution is 6.29. The first-order chi connectivity index (χ1) is 7.63. The summed E-state index contributed by atoms with van der Waals surface area (Å²) in [6.45, 7) is 4.30. The summed E-state index contributed by atoms with van der Waals surface area (Å²) in [7, 11) is 0. The number of aryl methyl sites for hydroxylation is 2. The minimum absolute atomic E-state index is 0.436. The largest absolute Gasteiger partial charge is 0.465 e. The summed E-state index contributed by atoms with van der Waals surface area (Å²) in [6, 6.07) is 5.54. The lowest BCUT2D eigenvalue weighted by atomic mass is 10.4. The van der Waals surface area contributed by atoms with Gasteiger partial charge in [-0.2, -0.15) is 0 Å². The summed E-state index contributed by atoms with van der Waals surface area (Å²) >= 11 is 5.82. The molecule has 0 atom stereocenters. The van der Waals surface area contributed by atoms with E-state index in [9.17, 15) is 0 Å². The van der Waals surface area contributed by atoms with Crippen molar-refractivity contribution in [2.24, 2.45) is 0 Å². The van der Waals surface area contributed by atoms with Crippen LogP contribution in [0.1, 0.15) is 17.3 Å². The predicted molar refractivity (Wildman–Crippen MR) is 62.6 cm³/mol. The van der Waals surface area contributed by atoms with E-state index in [0.29, 0.717) is 23.3 Å². The number of rotatable bonds is 3. The van der Waals surface area contributed by atoms with Crippen LogP contribution in [-0.4, -0.2) is 9.97 Å². The lowest BCUT2D eigenvalue weighted by Gasteiger charge is -2.04. The number of halogens is 1. The molecule has 0 spiro atoms. The molecular weight excluding hydrogens is 226 g/mol. The first-order valence-electron chi connectivity index (χ1n) is 4.94. The smallest absolute Gasteiger partial charge is 0.134 e. The number of anilines is 1. The Morgan fingerprint density at radius 3 is 2.75 bits per heavy atom. The zero-order chi connectivity index (χ0) is 11.5. The summed E-state index contributed by atoms with van der Waals surface area (Å²) in [5.41, 5.74) is 0. The van der Waals surface area contributed by atoms with Gasteiger partial charge in [0.25, 0.3) is 0 Å². The van der Waals surface area contributed by atoms with Crippen LogP contribution in [0.3, 0.4) is 0 Å². The first-order valence-corrected chi connectivity index (χ1v) is 5.31. The van der Waals surface area contributed by atoms with Crippen molar-refractivity contribution >= 4 is 17.4 Å². The summed E-state index contributed by atoms with van der Waals surface area (Å²) in [5, 5.41) is 3.56. The van der Waals surface area contributed by atoms with Gasteiger partial charge >= 0.3 is 0 Å². The molecule has 0 saturated carbocycles. The van der Waals surface area contributed by atoms with E-state index >= 15 is 0 Å². The topological polar surface area (TPSA) is 51.0 Å². The Labute approximate surface area is 98.7 Å². The zero-order valence-electron chi connectivity index (χ0n) is 9.12. The molecule has 0 unspecified atom stereocenters. The second kappa shape index (κ2) is 4.53. The molecule has 0 aromatic carbocycles. The SMILES string of the molecule is Cc1nc(Cl)cc(NCc2ccc(C)o2)n1. The van der Waals surface area contributed by atoms with Crippen LogP contribution in [0.2, 0.25) is 5.15 Å². The van der Waals surface area contributed by atoms with Crippen LogP contribution < -0.4 is 5.32 Å². The van der Waals surface area contributed by atoms with Crippen LogP contribution in [0.25, 0.3) is 0 Å². The third-order valence-electron chi connectivity index (χ3n) is 2.05.